The molecule has 0 saturated carbocycles. The van der Waals surface area contributed by atoms with Gasteiger partial charge in [-0.05, 0) is 30.3 Å². The molecule has 2 heterocycles. The fourth-order valence-electron chi connectivity index (χ4n) is 3.02. The van der Waals surface area contributed by atoms with Gasteiger partial charge < -0.3 is 14.2 Å². The fourth-order valence-corrected chi connectivity index (χ4v) is 3.15. The van der Waals surface area contributed by atoms with Crippen LogP contribution in [0.3, 0.4) is 0 Å². The van der Waals surface area contributed by atoms with Crippen LogP contribution in [-0.2, 0) is 0 Å². The lowest BCUT2D eigenvalue weighted by Crippen LogP contribution is -2.04. The first-order chi connectivity index (χ1) is 13.7. The second-order valence-corrected chi connectivity index (χ2v) is 6.33. The molecule has 7 nitrogen and oxygen atoms in total. The van der Waals surface area contributed by atoms with Crippen molar-refractivity contribution >= 4 is 22.5 Å². The van der Waals surface area contributed by atoms with E-state index in [0.29, 0.717) is 39.4 Å². The van der Waals surface area contributed by atoms with Crippen molar-refractivity contribution in [3.63, 3.8) is 0 Å². The third-order valence-corrected chi connectivity index (χ3v) is 4.58. The Balaban J connectivity index is 2.10. The van der Waals surface area contributed by atoms with Crippen molar-refractivity contribution in [1.29, 1.82) is 0 Å². The van der Waals surface area contributed by atoms with E-state index >= 15 is 0 Å². The van der Waals surface area contributed by atoms with Crippen LogP contribution >= 0.6 is 11.6 Å². The van der Waals surface area contributed by atoms with Gasteiger partial charge in [0.15, 0.2) is 17.3 Å². The first-order valence-corrected chi connectivity index (χ1v) is 8.79. The van der Waals surface area contributed by atoms with Gasteiger partial charge in [0, 0.05) is 23.0 Å². The topological polar surface area (TPSA) is 71.3 Å². The lowest BCUT2D eigenvalue weighted by molar-refractivity contribution is 0.327. The zero-order valence-corrected chi connectivity index (χ0v) is 16.3. The SMILES string of the molecule is COc1cc2c(-n3ccnc3)nc(-c3ccc(Cl)cc3)nc2c(OC)c1OC. The third kappa shape index (κ3) is 2.99. The number of ether oxygens (including phenoxy) is 3. The molecule has 0 spiro atoms. The number of hydrogen-bond acceptors (Lipinski definition) is 6. The Morgan fingerprint density at radius 3 is 2.29 bits per heavy atom. The van der Waals surface area contributed by atoms with Gasteiger partial charge in [0.1, 0.15) is 17.7 Å². The number of rotatable bonds is 5. The normalized spacial score (nSPS) is 10.9. The average molecular weight is 397 g/mol. The highest BCUT2D eigenvalue weighted by atomic mass is 35.5. The summed E-state index contributed by atoms with van der Waals surface area (Å²) in [6.07, 6.45) is 5.18. The van der Waals surface area contributed by atoms with E-state index in [1.165, 1.54) is 0 Å². The van der Waals surface area contributed by atoms with Gasteiger partial charge in [-0.1, -0.05) is 11.6 Å². The van der Waals surface area contributed by atoms with E-state index in [2.05, 4.69) is 4.98 Å². The summed E-state index contributed by atoms with van der Waals surface area (Å²) in [6, 6.07) is 9.17. The zero-order chi connectivity index (χ0) is 19.7. The Labute approximate surface area is 166 Å². The summed E-state index contributed by atoms with van der Waals surface area (Å²) >= 11 is 6.02. The number of imidazole rings is 1. The smallest absolute Gasteiger partial charge is 0.205 e. The number of benzene rings is 2. The Morgan fingerprint density at radius 2 is 1.68 bits per heavy atom. The van der Waals surface area contributed by atoms with Crippen molar-refractivity contribution in [3.8, 4) is 34.5 Å². The molecule has 142 valence electrons. The Morgan fingerprint density at radius 1 is 0.929 bits per heavy atom. The van der Waals surface area contributed by atoms with Crippen LogP contribution < -0.4 is 14.2 Å². The van der Waals surface area contributed by atoms with Gasteiger partial charge in [-0.2, -0.15) is 0 Å². The lowest BCUT2D eigenvalue weighted by atomic mass is 10.1. The van der Waals surface area contributed by atoms with Gasteiger partial charge in [-0.3, -0.25) is 4.57 Å². The number of fused-ring (bicyclic) bond motifs is 1. The molecule has 4 rings (SSSR count). The molecule has 8 heteroatoms. The summed E-state index contributed by atoms with van der Waals surface area (Å²) in [7, 11) is 4.70. The van der Waals surface area contributed by atoms with Gasteiger partial charge in [0.05, 0.1) is 26.7 Å². The van der Waals surface area contributed by atoms with E-state index in [1.54, 1.807) is 46.0 Å². The Bertz CT molecular complexity index is 1130. The summed E-state index contributed by atoms with van der Waals surface area (Å²) in [6.45, 7) is 0. The van der Waals surface area contributed by atoms with Crippen LogP contribution in [0, 0.1) is 0 Å². The predicted octanol–water partition coefficient (Wildman–Crippen LogP) is 4.16. The van der Waals surface area contributed by atoms with Crippen LogP contribution in [0.25, 0.3) is 28.1 Å². The van der Waals surface area contributed by atoms with Crippen LogP contribution in [0.2, 0.25) is 5.02 Å². The van der Waals surface area contributed by atoms with Crippen LogP contribution in [0.1, 0.15) is 0 Å². The minimum Gasteiger partial charge on any atom is -0.493 e. The number of halogens is 1. The zero-order valence-electron chi connectivity index (χ0n) is 15.5. The summed E-state index contributed by atoms with van der Waals surface area (Å²) in [5.41, 5.74) is 1.42. The van der Waals surface area contributed by atoms with Gasteiger partial charge >= 0.3 is 0 Å². The van der Waals surface area contributed by atoms with E-state index < -0.39 is 0 Å². The summed E-state index contributed by atoms with van der Waals surface area (Å²) < 4.78 is 18.4. The van der Waals surface area contributed by atoms with E-state index in [0.717, 1.165) is 10.9 Å². The van der Waals surface area contributed by atoms with Gasteiger partial charge in [0.2, 0.25) is 5.75 Å². The van der Waals surface area contributed by atoms with Crippen molar-refractivity contribution < 1.29 is 14.2 Å². The monoisotopic (exact) mass is 396 g/mol. The Hall–Kier alpha value is -3.32. The molecule has 2 aromatic heterocycles. The van der Waals surface area contributed by atoms with Crippen molar-refractivity contribution in [3.05, 3.63) is 54.1 Å². The van der Waals surface area contributed by atoms with Crippen LogP contribution in [-0.4, -0.2) is 40.8 Å². The second kappa shape index (κ2) is 7.36. The first kappa shape index (κ1) is 18.1. The molecule has 0 N–H and O–H groups in total. The van der Waals surface area contributed by atoms with E-state index in [-0.39, 0.29) is 0 Å². The molecule has 0 unspecified atom stereocenters. The van der Waals surface area contributed by atoms with E-state index in [4.69, 9.17) is 35.8 Å². The van der Waals surface area contributed by atoms with Crippen LogP contribution in [0.15, 0.2) is 49.1 Å². The molecule has 0 fully saturated rings. The molecule has 0 bridgehead atoms. The van der Waals surface area contributed by atoms with Crippen LogP contribution in [0.4, 0.5) is 0 Å². The van der Waals surface area contributed by atoms with Gasteiger partial charge in [0.25, 0.3) is 0 Å². The fraction of sp³-hybridized carbons (Fsp3) is 0.150. The molecule has 0 saturated heterocycles. The molecule has 0 aliphatic rings. The van der Waals surface area contributed by atoms with Crippen molar-refractivity contribution in [1.82, 2.24) is 19.5 Å². The van der Waals surface area contributed by atoms with E-state index in [9.17, 15) is 0 Å². The average Bonchev–Trinajstić information content (AvgIpc) is 3.26. The summed E-state index contributed by atoms with van der Waals surface area (Å²) in [5.74, 6) is 2.63. The number of aromatic nitrogens is 4. The van der Waals surface area contributed by atoms with Crippen molar-refractivity contribution in [2.75, 3.05) is 21.3 Å². The maximum atomic E-state index is 6.02. The maximum Gasteiger partial charge on any atom is 0.205 e. The maximum absolute atomic E-state index is 6.02. The largest absolute Gasteiger partial charge is 0.493 e. The molecule has 4 aromatic rings. The molecular formula is C20H17ClN4O3. The Kier molecular flexibility index (Phi) is 4.75. The van der Waals surface area contributed by atoms with Gasteiger partial charge in [-0.25, -0.2) is 15.0 Å². The standard InChI is InChI=1S/C20H17ClN4O3/c1-26-15-10-14-16(18(28-3)17(15)27-2)23-19(12-4-6-13(21)7-5-12)24-20(14)25-9-8-22-11-25/h4-11H,1-3H3. The molecule has 0 radical (unpaired) electrons. The van der Waals surface area contributed by atoms with Crippen molar-refractivity contribution in [2.45, 2.75) is 0 Å². The van der Waals surface area contributed by atoms with Crippen molar-refractivity contribution in [2.24, 2.45) is 0 Å². The molecule has 0 aliphatic carbocycles. The predicted molar refractivity (Wildman–Crippen MR) is 107 cm³/mol. The number of nitrogens with zero attached hydrogens (tertiary/aromatic N) is 4. The van der Waals surface area contributed by atoms with E-state index in [1.807, 2.05) is 29.0 Å². The molecule has 0 atom stereocenters. The highest BCUT2D eigenvalue weighted by Gasteiger charge is 2.21. The summed E-state index contributed by atoms with van der Waals surface area (Å²) in [5, 5.41) is 1.38. The summed E-state index contributed by atoms with van der Waals surface area (Å²) in [4.78, 5) is 13.7. The third-order valence-electron chi connectivity index (χ3n) is 4.33. The molecular weight excluding hydrogens is 380 g/mol. The first-order valence-electron chi connectivity index (χ1n) is 8.41. The van der Waals surface area contributed by atoms with Crippen LogP contribution in [0.5, 0.6) is 17.2 Å². The molecule has 0 aliphatic heterocycles. The highest BCUT2D eigenvalue weighted by Crippen LogP contribution is 2.44. The molecule has 2 aromatic carbocycles. The number of hydrogen-bond donors (Lipinski definition) is 0. The second-order valence-electron chi connectivity index (χ2n) is 5.89. The quantitative estimate of drug-likeness (QED) is 0.504. The number of methoxy groups -OCH3 is 3. The highest BCUT2D eigenvalue weighted by molar-refractivity contribution is 6.30. The lowest BCUT2D eigenvalue weighted by Gasteiger charge is -2.17. The minimum absolute atomic E-state index is 0.467. The molecule has 28 heavy (non-hydrogen) atoms. The molecule has 0 amide bonds. The minimum atomic E-state index is 0.467. The van der Waals surface area contributed by atoms with Gasteiger partial charge in [-0.15, -0.1) is 0 Å².